The van der Waals surface area contributed by atoms with Crippen LogP contribution < -0.4 is 9.64 Å². The lowest BCUT2D eigenvalue weighted by atomic mass is 9.55. The average Bonchev–Trinajstić information content (AvgIpc) is 3.30. The second kappa shape index (κ2) is 9.77. The highest BCUT2D eigenvalue weighted by atomic mass is 79.9. The number of benzene rings is 4. The first-order valence-corrected chi connectivity index (χ1v) is 14.3. The van der Waals surface area contributed by atoms with Gasteiger partial charge in [-0.05, 0) is 64.7 Å². The highest BCUT2D eigenvalue weighted by Gasteiger charge is 2.67. The van der Waals surface area contributed by atoms with Crippen molar-refractivity contribution in [2.24, 2.45) is 11.8 Å². The van der Waals surface area contributed by atoms with Gasteiger partial charge >= 0.3 is 5.97 Å². The zero-order chi connectivity index (χ0) is 29.2. The van der Waals surface area contributed by atoms with Crippen LogP contribution in [0.3, 0.4) is 0 Å². The van der Waals surface area contributed by atoms with E-state index in [1.165, 1.54) is 24.1 Å². The Morgan fingerprint density at radius 3 is 2.10 bits per heavy atom. The molecule has 1 saturated heterocycles. The number of hydrogen-bond acceptors (Lipinski definition) is 6. The van der Waals surface area contributed by atoms with Crippen LogP contribution in [0.1, 0.15) is 48.9 Å². The van der Waals surface area contributed by atoms with Gasteiger partial charge in [-0.15, -0.1) is 0 Å². The maximum absolute atomic E-state index is 14.2. The van der Waals surface area contributed by atoms with Crippen molar-refractivity contribution in [2.45, 2.75) is 10.2 Å². The minimum absolute atomic E-state index is 0.133. The third-order valence-electron chi connectivity index (χ3n) is 8.60. The molecule has 1 heterocycles. The van der Waals surface area contributed by atoms with E-state index in [1.807, 2.05) is 48.5 Å². The van der Waals surface area contributed by atoms with Gasteiger partial charge in [0.05, 0.1) is 34.5 Å². The van der Waals surface area contributed by atoms with Crippen molar-refractivity contribution in [3.63, 3.8) is 0 Å². The molecule has 4 aromatic carbocycles. The number of carbonyl (C=O) groups excluding carboxylic acids is 4. The molecule has 0 unspecified atom stereocenters. The second-order valence-corrected chi connectivity index (χ2v) is 11.9. The standard InChI is InChI=1S/C34H24BrNO6/c1-41-22-15-13-19(14-16-22)27(37)18-42-33(40)20-7-6-8-21(17-20)36-31(38)29-28-23-9-2-4-11-25(23)34(35,30(29)32(36)39)26-12-5-3-10-24(26)28/h2-17,28-30H,18H2,1H3/t28?,29-,30+,34?/m1/s1. The number of esters is 1. The number of rotatable bonds is 6. The number of ether oxygens (including phenoxy) is 2. The molecule has 0 aromatic heterocycles. The summed E-state index contributed by atoms with van der Waals surface area (Å²) in [6.45, 7) is -0.453. The summed E-state index contributed by atoms with van der Waals surface area (Å²) in [7, 11) is 1.53. The number of Topliss-reactive ketones (excluding diaryl/α,β-unsaturated/α-hetero) is 1. The highest BCUT2D eigenvalue weighted by Crippen LogP contribution is 2.66. The number of ketones is 1. The molecule has 1 aliphatic heterocycles. The fraction of sp³-hybridized carbons (Fsp3) is 0.176. The van der Waals surface area contributed by atoms with Crippen LogP contribution in [0.2, 0.25) is 0 Å². The van der Waals surface area contributed by atoms with Crippen LogP contribution in [0.25, 0.3) is 0 Å². The number of imide groups is 1. The fourth-order valence-corrected chi connectivity index (χ4v) is 7.98. The quantitative estimate of drug-likeness (QED) is 0.120. The van der Waals surface area contributed by atoms with Crippen LogP contribution >= 0.6 is 15.9 Å². The molecule has 42 heavy (non-hydrogen) atoms. The number of methoxy groups -OCH3 is 1. The first kappa shape index (κ1) is 26.3. The van der Waals surface area contributed by atoms with Gasteiger partial charge in [-0.25, -0.2) is 9.69 Å². The topological polar surface area (TPSA) is 90.0 Å². The van der Waals surface area contributed by atoms with Gasteiger partial charge in [0.2, 0.25) is 11.8 Å². The molecule has 0 N–H and O–H groups in total. The van der Waals surface area contributed by atoms with Crippen molar-refractivity contribution >= 4 is 45.2 Å². The van der Waals surface area contributed by atoms with Crippen LogP contribution in [0, 0.1) is 11.8 Å². The third kappa shape index (κ3) is 3.71. The van der Waals surface area contributed by atoms with E-state index in [2.05, 4.69) is 15.9 Å². The molecular formula is C34H24BrNO6. The van der Waals surface area contributed by atoms with E-state index < -0.39 is 28.7 Å². The van der Waals surface area contributed by atoms with Crippen molar-refractivity contribution in [1.82, 2.24) is 0 Å². The van der Waals surface area contributed by atoms with Gasteiger partial charge in [-0.3, -0.25) is 14.4 Å². The lowest BCUT2D eigenvalue weighted by molar-refractivity contribution is -0.122. The van der Waals surface area contributed by atoms with Crippen LogP contribution in [-0.2, 0) is 18.7 Å². The predicted molar refractivity (Wildman–Crippen MR) is 158 cm³/mol. The lowest BCUT2D eigenvalue weighted by Gasteiger charge is -2.51. The normalized spacial score (nSPS) is 23.2. The summed E-state index contributed by atoms with van der Waals surface area (Å²) in [5.74, 6) is -2.63. The molecular weight excluding hydrogens is 598 g/mol. The molecule has 0 radical (unpaired) electrons. The van der Waals surface area contributed by atoms with Crippen molar-refractivity contribution in [2.75, 3.05) is 18.6 Å². The van der Waals surface area contributed by atoms with Crippen LogP contribution in [0.5, 0.6) is 5.75 Å². The number of alkyl halides is 1. The summed E-state index contributed by atoms with van der Waals surface area (Å²) in [6.07, 6.45) is 0. The molecule has 3 aliphatic carbocycles. The van der Waals surface area contributed by atoms with Gasteiger partial charge in [0.15, 0.2) is 12.4 Å². The van der Waals surface area contributed by atoms with Gasteiger partial charge in [0.25, 0.3) is 0 Å². The molecule has 2 bridgehead atoms. The van der Waals surface area contributed by atoms with Gasteiger partial charge < -0.3 is 9.47 Å². The Morgan fingerprint density at radius 1 is 0.810 bits per heavy atom. The van der Waals surface area contributed by atoms with Crippen molar-refractivity contribution in [3.8, 4) is 5.75 Å². The predicted octanol–water partition coefficient (Wildman–Crippen LogP) is 5.64. The largest absolute Gasteiger partial charge is 0.497 e. The van der Waals surface area contributed by atoms with Crippen molar-refractivity contribution in [1.29, 1.82) is 0 Å². The summed E-state index contributed by atoms with van der Waals surface area (Å²) < 4.78 is 9.54. The smallest absolute Gasteiger partial charge is 0.338 e. The van der Waals surface area contributed by atoms with E-state index in [0.717, 1.165) is 22.3 Å². The number of hydrogen-bond donors (Lipinski definition) is 0. The van der Waals surface area contributed by atoms with Crippen LogP contribution in [0.15, 0.2) is 97.1 Å². The monoisotopic (exact) mass is 621 g/mol. The van der Waals surface area contributed by atoms with E-state index >= 15 is 0 Å². The second-order valence-electron chi connectivity index (χ2n) is 10.7. The molecule has 2 atom stereocenters. The van der Waals surface area contributed by atoms with Crippen molar-refractivity contribution < 1.29 is 28.7 Å². The average molecular weight is 622 g/mol. The lowest BCUT2D eigenvalue weighted by Crippen LogP contribution is -2.50. The van der Waals surface area contributed by atoms with E-state index in [9.17, 15) is 19.2 Å². The maximum Gasteiger partial charge on any atom is 0.338 e. The first-order valence-electron chi connectivity index (χ1n) is 13.5. The zero-order valence-corrected chi connectivity index (χ0v) is 24.0. The maximum atomic E-state index is 14.2. The molecule has 4 aromatic rings. The zero-order valence-electron chi connectivity index (χ0n) is 22.5. The van der Waals surface area contributed by atoms with Crippen LogP contribution in [0.4, 0.5) is 5.69 Å². The minimum atomic E-state index is -0.862. The number of amides is 2. The summed E-state index contributed by atoms with van der Waals surface area (Å²) in [4.78, 5) is 55.0. The first-order chi connectivity index (χ1) is 20.3. The summed E-state index contributed by atoms with van der Waals surface area (Å²) in [6, 6.07) is 28.7. The van der Waals surface area contributed by atoms with E-state index in [-0.39, 0.29) is 29.1 Å². The highest BCUT2D eigenvalue weighted by molar-refractivity contribution is 9.09. The SMILES string of the molecule is COc1ccc(C(=O)COC(=O)c2cccc(N3C(=O)[C@@H]4C5c6ccccc6C(Br)(c6ccccc65)[C@@H]4C3=O)c2)cc1. The third-order valence-corrected chi connectivity index (χ3v) is 9.95. The Labute approximate surface area is 250 Å². The Bertz CT molecular complexity index is 1750. The molecule has 208 valence electrons. The Morgan fingerprint density at radius 2 is 1.45 bits per heavy atom. The number of halogens is 1. The summed E-state index contributed by atoms with van der Waals surface area (Å²) in [5, 5.41) is 0. The van der Waals surface area contributed by atoms with Crippen LogP contribution in [-0.4, -0.2) is 37.3 Å². The molecule has 8 heteroatoms. The molecule has 1 fully saturated rings. The van der Waals surface area contributed by atoms with Gasteiger partial charge in [-0.2, -0.15) is 0 Å². The summed E-state index contributed by atoms with van der Waals surface area (Å²) >= 11 is 3.99. The summed E-state index contributed by atoms with van der Waals surface area (Å²) in [5.41, 5.74) is 4.88. The van der Waals surface area contributed by atoms with E-state index in [0.29, 0.717) is 17.0 Å². The minimum Gasteiger partial charge on any atom is -0.497 e. The van der Waals surface area contributed by atoms with E-state index in [1.54, 1.807) is 36.4 Å². The Kier molecular flexibility index (Phi) is 6.13. The van der Waals surface area contributed by atoms with Gasteiger partial charge in [0.1, 0.15) is 5.75 Å². The molecule has 7 nitrogen and oxygen atoms in total. The Hall–Kier alpha value is -4.56. The molecule has 0 saturated carbocycles. The number of nitrogens with zero attached hydrogens (tertiary/aromatic N) is 1. The number of anilines is 1. The molecule has 4 aliphatic rings. The van der Waals surface area contributed by atoms with E-state index in [4.69, 9.17) is 9.47 Å². The number of carbonyl (C=O) groups is 4. The molecule has 2 amide bonds. The molecule has 0 spiro atoms. The van der Waals surface area contributed by atoms with Gasteiger partial charge in [-0.1, -0.05) is 70.5 Å². The fourth-order valence-electron chi connectivity index (χ4n) is 6.78. The van der Waals surface area contributed by atoms with Gasteiger partial charge in [0, 0.05) is 11.5 Å². The Balaban J connectivity index is 1.18. The molecule has 8 rings (SSSR count). The van der Waals surface area contributed by atoms with Crippen molar-refractivity contribution in [3.05, 3.63) is 130 Å².